The monoisotopic (exact) mass is 390 g/mol. The number of nitro groups is 1. The third-order valence-electron chi connectivity index (χ3n) is 5.47. The SMILES string of the molecule is COc1cc([N+](=O)[O-])ccc1NC(=O)CN1C(=O)N[C@]2(CCCC[C@H]2C)C1=O. The number of imide groups is 1. The number of carbonyl (C=O) groups excluding carboxylic acids is 3. The summed E-state index contributed by atoms with van der Waals surface area (Å²) in [7, 11) is 1.32. The maximum Gasteiger partial charge on any atom is 0.325 e. The second-order valence-electron chi connectivity index (χ2n) is 7.13. The summed E-state index contributed by atoms with van der Waals surface area (Å²) in [6.07, 6.45) is 3.25. The fourth-order valence-corrected chi connectivity index (χ4v) is 3.87. The van der Waals surface area contributed by atoms with E-state index in [1.165, 1.54) is 25.3 Å². The second-order valence-corrected chi connectivity index (χ2v) is 7.13. The molecule has 2 fully saturated rings. The van der Waals surface area contributed by atoms with Crippen LogP contribution in [0.1, 0.15) is 32.6 Å². The van der Waals surface area contributed by atoms with Gasteiger partial charge in [0.05, 0.1) is 23.8 Å². The Morgan fingerprint density at radius 2 is 2.18 bits per heavy atom. The van der Waals surface area contributed by atoms with Crippen molar-refractivity contribution >= 4 is 29.2 Å². The van der Waals surface area contributed by atoms with Crippen molar-refractivity contribution in [3.63, 3.8) is 0 Å². The van der Waals surface area contributed by atoms with Crippen molar-refractivity contribution in [1.82, 2.24) is 10.2 Å². The standard InChI is InChI=1S/C18H22N4O6/c1-11-5-3-4-8-18(11)16(24)21(17(25)20-18)10-15(23)19-13-7-6-12(22(26)27)9-14(13)28-2/h6-7,9,11H,3-5,8,10H2,1-2H3,(H,19,23)(H,20,25)/t11-,18+/m1/s1. The first-order valence-corrected chi connectivity index (χ1v) is 9.05. The molecule has 1 heterocycles. The minimum atomic E-state index is -0.930. The number of benzene rings is 1. The Balaban J connectivity index is 1.72. The summed E-state index contributed by atoms with van der Waals surface area (Å²) < 4.78 is 5.07. The fraction of sp³-hybridized carbons (Fsp3) is 0.500. The number of nitrogens with zero attached hydrogens (tertiary/aromatic N) is 2. The number of carbonyl (C=O) groups is 3. The van der Waals surface area contributed by atoms with Gasteiger partial charge in [-0.3, -0.25) is 24.6 Å². The summed E-state index contributed by atoms with van der Waals surface area (Å²) in [5.74, 6) is -0.871. The van der Waals surface area contributed by atoms with Gasteiger partial charge >= 0.3 is 6.03 Å². The lowest BCUT2D eigenvalue weighted by atomic mass is 9.73. The molecular formula is C18H22N4O6. The van der Waals surface area contributed by atoms with Gasteiger partial charge in [-0.1, -0.05) is 19.8 Å². The van der Waals surface area contributed by atoms with E-state index >= 15 is 0 Å². The lowest BCUT2D eigenvalue weighted by Crippen LogP contribution is -2.54. The van der Waals surface area contributed by atoms with Crippen LogP contribution in [0.4, 0.5) is 16.2 Å². The van der Waals surface area contributed by atoms with Gasteiger partial charge in [0, 0.05) is 6.07 Å². The molecule has 2 N–H and O–H groups in total. The molecule has 10 heteroatoms. The van der Waals surface area contributed by atoms with Gasteiger partial charge in [0.15, 0.2) is 0 Å². The Bertz CT molecular complexity index is 841. The molecule has 1 saturated heterocycles. The van der Waals surface area contributed by atoms with Crippen LogP contribution in [-0.2, 0) is 9.59 Å². The third kappa shape index (κ3) is 3.37. The van der Waals surface area contributed by atoms with Crippen molar-refractivity contribution in [2.24, 2.45) is 5.92 Å². The summed E-state index contributed by atoms with van der Waals surface area (Å²) in [6.45, 7) is 1.49. The van der Waals surface area contributed by atoms with Crippen LogP contribution >= 0.6 is 0 Å². The number of hydrogen-bond donors (Lipinski definition) is 2. The van der Waals surface area contributed by atoms with Crippen molar-refractivity contribution in [2.75, 3.05) is 19.0 Å². The Morgan fingerprint density at radius 3 is 2.82 bits per heavy atom. The number of non-ortho nitro benzene ring substituents is 1. The average Bonchev–Trinajstić information content (AvgIpc) is 2.89. The molecule has 1 aromatic rings. The highest BCUT2D eigenvalue weighted by Crippen LogP contribution is 2.38. The van der Waals surface area contributed by atoms with Crippen molar-refractivity contribution in [3.05, 3.63) is 28.3 Å². The highest BCUT2D eigenvalue weighted by atomic mass is 16.6. The van der Waals surface area contributed by atoms with E-state index in [1.54, 1.807) is 0 Å². The molecule has 0 radical (unpaired) electrons. The number of nitro benzene ring substituents is 1. The number of hydrogen-bond acceptors (Lipinski definition) is 6. The lowest BCUT2D eigenvalue weighted by molar-refractivity contribution is -0.384. The molecule has 0 bridgehead atoms. The zero-order valence-electron chi connectivity index (χ0n) is 15.7. The molecule has 28 heavy (non-hydrogen) atoms. The van der Waals surface area contributed by atoms with E-state index in [4.69, 9.17) is 4.74 Å². The Labute approximate surface area is 161 Å². The second kappa shape index (κ2) is 7.45. The van der Waals surface area contributed by atoms with Crippen LogP contribution in [0.25, 0.3) is 0 Å². The van der Waals surface area contributed by atoms with Crippen LogP contribution in [0.2, 0.25) is 0 Å². The highest BCUT2D eigenvalue weighted by molar-refractivity contribution is 6.10. The molecule has 3 rings (SSSR count). The maximum atomic E-state index is 12.9. The van der Waals surface area contributed by atoms with Crippen LogP contribution in [0.5, 0.6) is 5.75 Å². The molecule has 2 atom stereocenters. The first kappa shape index (κ1) is 19.6. The molecule has 1 aromatic carbocycles. The van der Waals surface area contributed by atoms with Crippen LogP contribution in [0.3, 0.4) is 0 Å². The van der Waals surface area contributed by atoms with E-state index in [2.05, 4.69) is 10.6 Å². The third-order valence-corrected chi connectivity index (χ3v) is 5.47. The highest BCUT2D eigenvalue weighted by Gasteiger charge is 2.55. The van der Waals surface area contributed by atoms with Crippen LogP contribution in [0, 0.1) is 16.0 Å². The predicted molar refractivity (Wildman–Crippen MR) is 98.9 cm³/mol. The molecule has 1 aliphatic heterocycles. The van der Waals surface area contributed by atoms with Gasteiger partial charge < -0.3 is 15.4 Å². The van der Waals surface area contributed by atoms with Crippen LogP contribution in [0.15, 0.2) is 18.2 Å². The summed E-state index contributed by atoms with van der Waals surface area (Å²) in [6, 6.07) is 3.17. The minimum Gasteiger partial charge on any atom is -0.494 e. The van der Waals surface area contributed by atoms with Crippen molar-refractivity contribution in [3.8, 4) is 5.75 Å². The zero-order valence-corrected chi connectivity index (χ0v) is 15.7. The normalized spacial score (nSPS) is 24.2. The molecule has 1 saturated carbocycles. The van der Waals surface area contributed by atoms with Gasteiger partial charge in [-0.15, -0.1) is 0 Å². The van der Waals surface area contributed by atoms with Crippen molar-refractivity contribution < 1.29 is 24.0 Å². The van der Waals surface area contributed by atoms with E-state index in [-0.39, 0.29) is 28.9 Å². The van der Waals surface area contributed by atoms with E-state index in [0.29, 0.717) is 6.42 Å². The maximum absolute atomic E-state index is 12.9. The zero-order chi connectivity index (χ0) is 20.5. The van der Waals surface area contributed by atoms with E-state index in [9.17, 15) is 24.5 Å². The van der Waals surface area contributed by atoms with Crippen LogP contribution < -0.4 is 15.4 Å². The molecule has 0 unspecified atom stereocenters. The number of nitrogens with one attached hydrogen (secondary N) is 2. The first-order chi connectivity index (χ1) is 13.3. The van der Waals surface area contributed by atoms with Crippen molar-refractivity contribution in [1.29, 1.82) is 0 Å². The van der Waals surface area contributed by atoms with E-state index < -0.39 is 28.9 Å². The molecule has 150 valence electrons. The van der Waals surface area contributed by atoms with E-state index in [0.717, 1.165) is 24.2 Å². The number of urea groups is 1. The quantitative estimate of drug-likeness (QED) is 0.449. The molecule has 2 aliphatic rings. The molecular weight excluding hydrogens is 368 g/mol. The number of ether oxygens (including phenoxy) is 1. The van der Waals surface area contributed by atoms with Gasteiger partial charge in [-0.2, -0.15) is 0 Å². The topological polar surface area (TPSA) is 131 Å². The molecule has 0 aromatic heterocycles. The Morgan fingerprint density at radius 1 is 1.43 bits per heavy atom. The largest absolute Gasteiger partial charge is 0.494 e. The number of anilines is 1. The predicted octanol–water partition coefficient (Wildman–Crippen LogP) is 2.04. The van der Waals surface area contributed by atoms with E-state index in [1.807, 2.05) is 6.92 Å². The fourth-order valence-electron chi connectivity index (χ4n) is 3.87. The Kier molecular flexibility index (Phi) is 5.21. The van der Waals surface area contributed by atoms with Crippen LogP contribution in [-0.4, -0.2) is 46.9 Å². The van der Waals surface area contributed by atoms with Gasteiger partial charge in [0.25, 0.3) is 11.6 Å². The number of amides is 4. The lowest BCUT2D eigenvalue weighted by Gasteiger charge is -2.36. The molecule has 1 spiro atoms. The summed E-state index contributed by atoms with van der Waals surface area (Å²) >= 11 is 0. The minimum absolute atomic E-state index is 0.000489. The summed E-state index contributed by atoms with van der Waals surface area (Å²) in [5.41, 5.74) is -0.899. The van der Waals surface area contributed by atoms with Gasteiger partial charge in [0.2, 0.25) is 5.91 Å². The van der Waals surface area contributed by atoms with Gasteiger partial charge in [0.1, 0.15) is 17.8 Å². The molecule has 1 aliphatic carbocycles. The molecule has 4 amide bonds. The molecule has 10 nitrogen and oxygen atoms in total. The van der Waals surface area contributed by atoms with Crippen molar-refractivity contribution in [2.45, 2.75) is 38.1 Å². The van der Waals surface area contributed by atoms with Gasteiger partial charge in [-0.05, 0) is 24.8 Å². The average molecular weight is 390 g/mol. The first-order valence-electron chi connectivity index (χ1n) is 9.05. The summed E-state index contributed by atoms with van der Waals surface area (Å²) in [5, 5.41) is 16.2. The Hall–Kier alpha value is -3.17. The summed E-state index contributed by atoms with van der Waals surface area (Å²) in [4.78, 5) is 48.9. The smallest absolute Gasteiger partial charge is 0.325 e. The number of rotatable bonds is 5. The van der Waals surface area contributed by atoms with Gasteiger partial charge in [-0.25, -0.2) is 4.79 Å². The number of methoxy groups -OCH3 is 1.